The molecule has 1 aliphatic heterocycles. The number of rotatable bonds is 6. The van der Waals surface area contributed by atoms with Crippen molar-refractivity contribution in [2.45, 2.75) is 38.8 Å². The zero-order valence-electron chi connectivity index (χ0n) is 18.4. The van der Waals surface area contributed by atoms with Gasteiger partial charge in [0, 0.05) is 36.9 Å². The van der Waals surface area contributed by atoms with Crippen molar-refractivity contribution in [3.63, 3.8) is 0 Å². The highest BCUT2D eigenvalue weighted by molar-refractivity contribution is 6.00. The number of amides is 1. The third kappa shape index (κ3) is 4.80. The van der Waals surface area contributed by atoms with Crippen LogP contribution >= 0.6 is 0 Å². The van der Waals surface area contributed by atoms with Crippen molar-refractivity contribution in [3.05, 3.63) is 66.4 Å². The van der Waals surface area contributed by atoms with Crippen LogP contribution in [0.3, 0.4) is 0 Å². The molecule has 1 amide bonds. The largest absolute Gasteiger partial charge is 0.497 e. The van der Waals surface area contributed by atoms with Crippen LogP contribution in [0.4, 0.5) is 0 Å². The average molecular weight is 419 g/mol. The van der Waals surface area contributed by atoms with E-state index in [1.54, 1.807) is 11.8 Å². The quantitative estimate of drug-likeness (QED) is 0.653. The number of likely N-dealkylation sites (tertiary alicyclic amines) is 1. The molecule has 162 valence electrons. The SMILES string of the molecule is COc1ccc(-c2nn(-c3ccccc3)cc2C(=O)NC2CCN(C(C)C)CC2)cc1. The van der Waals surface area contributed by atoms with Crippen molar-refractivity contribution in [2.24, 2.45) is 0 Å². The average Bonchev–Trinajstić information content (AvgIpc) is 3.26. The van der Waals surface area contributed by atoms with Gasteiger partial charge in [0.05, 0.1) is 18.4 Å². The predicted molar refractivity (Wildman–Crippen MR) is 123 cm³/mol. The normalized spacial score (nSPS) is 15.2. The monoisotopic (exact) mass is 418 g/mol. The number of nitrogens with zero attached hydrogens (tertiary/aromatic N) is 3. The summed E-state index contributed by atoms with van der Waals surface area (Å²) >= 11 is 0. The summed E-state index contributed by atoms with van der Waals surface area (Å²) in [6.07, 6.45) is 3.76. The second-order valence-electron chi connectivity index (χ2n) is 8.28. The predicted octanol–water partition coefficient (Wildman–Crippen LogP) is 4.15. The van der Waals surface area contributed by atoms with Crippen molar-refractivity contribution >= 4 is 5.91 Å². The molecule has 3 aromatic rings. The third-order valence-corrected chi connectivity index (χ3v) is 5.94. The molecule has 0 bridgehead atoms. The Labute approximate surface area is 183 Å². The number of nitrogens with one attached hydrogen (secondary N) is 1. The lowest BCUT2D eigenvalue weighted by Gasteiger charge is -2.34. The van der Waals surface area contributed by atoms with Gasteiger partial charge >= 0.3 is 0 Å². The minimum absolute atomic E-state index is 0.0732. The number of methoxy groups -OCH3 is 1. The summed E-state index contributed by atoms with van der Waals surface area (Å²) in [7, 11) is 1.64. The molecule has 1 saturated heterocycles. The van der Waals surface area contributed by atoms with E-state index in [1.807, 2.05) is 60.8 Å². The first-order valence-electron chi connectivity index (χ1n) is 10.9. The standard InChI is InChI=1S/C25H30N4O2/c1-18(2)28-15-13-20(14-16-28)26-25(30)23-17-29(21-7-5-4-6-8-21)27-24(23)19-9-11-22(31-3)12-10-19/h4-12,17-18,20H,13-16H2,1-3H3,(H,26,30). The second kappa shape index (κ2) is 9.35. The molecule has 0 unspecified atom stereocenters. The van der Waals surface area contributed by atoms with Crippen LogP contribution in [0.2, 0.25) is 0 Å². The first kappa shape index (κ1) is 21.1. The van der Waals surface area contributed by atoms with Crippen LogP contribution in [0, 0.1) is 0 Å². The molecule has 0 saturated carbocycles. The van der Waals surface area contributed by atoms with E-state index in [-0.39, 0.29) is 11.9 Å². The molecule has 1 fully saturated rings. The van der Waals surface area contributed by atoms with Crippen molar-refractivity contribution in [2.75, 3.05) is 20.2 Å². The highest BCUT2D eigenvalue weighted by atomic mass is 16.5. The lowest BCUT2D eigenvalue weighted by Crippen LogP contribution is -2.46. The van der Waals surface area contributed by atoms with Crippen molar-refractivity contribution in [3.8, 4) is 22.7 Å². The number of hydrogen-bond donors (Lipinski definition) is 1. The maximum absolute atomic E-state index is 13.3. The molecular formula is C25H30N4O2. The zero-order valence-corrected chi connectivity index (χ0v) is 18.4. The van der Waals surface area contributed by atoms with Crippen molar-refractivity contribution in [1.82, 2.24) is 20.0 Å². The number of carbonyl (C=O) groups excluding carboxylic acids is 1. The number of ether oxygens (including phenoxy) is 1. The topological polar surface area (TPSA) is 59.4 Å². The van der Waals surface area contributed by atoms with Gasteiger partial charge in [-0.25, -0.2) is 4.68 Å². The van der Waals surface area contributed by atoms with Gasteiger partial charge in [-0.05, 0) is 63.1 Å². The van der Waals surface area contributed by atoms with E-state index in [9.17, 15) is 4.79 Å². The number of benzene rings is 2. The highest BCUT2D eigenvalue weighted by Crippen LogP contribution is 2.26. The van der Waals surface area contributed by atoms with E-state index in [2.05, 4.69) is 24.1 Å². The summed E-state index contributed by atoms with van der Waals surface area (Å²) < 4.78 is 7.05. The molecule has 1 N–H and O–H groups in total. The molecule has 6 nitrogen and oxygen atoms in total. The molecule has 1 aromatic heterocycles. The molecular weight excluding hydrogens is 388 g/mol. The van der Waals surface area contributed by atoms with Crippen molar-refractivity contribution in [1.29, 1.82) is 0 Å². The Morgan fingerprint density at radius 3 is 2.35 bits per heavy atom. The van der Waals surface area contributed by atoms with Crippen LogP contribution in [0.25, 0.3) is 16.9 Å². The van der Waals surface area contributed by atoms with Gasteiger partial charge < -0.3 is 15.0 Å². The van der Waals surface area contributed by atoms with E-state index < -0.39 is 0 Å². The van der Waals surface area contributed by atoms with Crippen LogP contribution in [0.15, 0.2) is 60.8 Å². The van der Waals surface area contributed by atoms with Gasteiger partial charge in [-0.2, -0.15) is 5.10 Å². The number of hydrogen-bond acceptors (Lipinski definition) is 4. The maximum atomic E-state index is 13.3. The summed E-state index contributed by atoms with van der Waals surface area (Å²) in [4.78, 5) is 15.7. The smallest absolute Gasteiger partial charge is 0.255 e. The zero-order chi connectivity index (χ0) is 21.8. The maximum Gasteiger partial charge on any atom is 0.255 e. The molecule has 4 rings (SSSR count). The number of piperidine rings is 1. The number of para-hydroxylation sites is 1. The van der Waals surface area contributed by atoms with Gasteiger partial charge in [-0.3, -0.25) is 4.79 Å². The Morgan fingerprint density at radius 1 is 1.06 bits per heavy atom. The molecule has 1 aliphatic rings. The van der Waals surface area contributed by atoms with Crippen LogP contribution in [-0.4, -0.2) is 52.9 Å². The Bertz CT molecular complexity index is 1000. The lowest BCUT2D eigenvalue weighted by molar-refractivity contribution is 0.0901. The Kier molecular flexibility index (Phi) is 6.37. The van der Waals surface area contributed by atoms with E-state index in [4.69, 9.17) is 9.84 Å². The minimum Gasteiger partial charge on any atom is -0.497 e. The third-order valence-electron chi connectivity index (χ3n) is 5.94. The Balaban J connectivity index is 1.60. The van der Waals surface area contributed by atoms with E-state index in [0.29, 0.717) is 17.3 Å². The van der Waals surface area contributed by atoms with Gasteiger partial charge in [0.15, 0.2) is 0 Å². The summed E-state index contributed by atoms with van der Waals surface area (Å²) in [6.45, 7) is 6.46. The second-order valence-corrected chi connectivity index (χ2v) is 8.28. The summed E-state index contributed by atoms with van der Waals surface area (Å²) in [5.41, 5.74) is 3.06. The molecule has 2 aromatic carbocycles. The molecule has 0 atom stereocenters. The fraction of sp³-hybridized carbons (Fsp3) is 0.360. The first-order valence-corrected chi connectivity index (χ1v) is 10.9. The molecule has 0 radical (unpaired) electrons. The van der Waals surface area contributed by atoms with Crippen molar-refractivity contribution < 1.29 is 9.53 Å². The summed E-state index contributed by atoms with van der Waals surface area (Å²) in [6, 6.07) is 18.2. The highest BCUT2D eigenvalue weighted by Gasteiger charge is 2.25. The Hall–Kier alpha value is -3.12. The molecule has 0 spiro atoms. The van der Waals surface area contributed by atoms with Gasteiger partial charge in [-0.15, -0.1) is 0 Å². The fourth-order valence-electron chi connectivity index (χ4n) is 4.04. The molecule has 0 aliphatic carbocycles. The van der Waals surface area contributed by atoms with Crippen LogP contribution < -0.4 is 10.1 Å². The fourth-order valence-corrected chi connectivity index (χ4v) is 4.04. The van der Waals surface area contributed by atoms with E-state index >= 15 is 0 Å². The van der Waals surface area contributed by atoms with Gasteiger partial charge in [0.2, 0.25) is 0 Å². The van der Waals surface area contributed by atoms with Gasteiger partial charge in [0.1, 0.15) is 11.4 Å². The summed E-state index contributed by atoms with van der Waals surface area (Å²) in [5.74, 6) is 0.699. The number of aromatic nitrogens is 2. The minimum atomic E-state index is -0.0732. The molecule has 31 heavy (non-hydrogen) atoms. The van der Waals surface area contributed by atoms with Gasteiger partial charge in [-0.1, -0.05) is 18.2 Å². The molecule has 6 heteroatoms. The number of carbonyl (C=O) groups is 1. The van der Waals surface area contributed by atoms with E-state index in [0.717, 1.165) is 42.9 Å². The van der Waals surface area contributed by atoms with E-state index in [1.165, 1.54) is 0 Å². The van der Waals surface area contributed by atoms with Crippen LogP contribution in [-0.2, 0) is 0 Å². The van der Waals surface area contributed by atoms with Crippen LogP contribution in [0.5, 0.6) is 5.75 Å². The first-order chi connectivity index (χ1) is 15.0. The lowest BCUT2D eigenvalue weighted by atomic mass is 10.0. The Morgan fingerprint density at radius 2 is 1.74 bits per heavy atom. The van der Waals surface area contributed by atoms with Crippen LogP contribution in [0.1, 0.15) is 37.0 Å². The molecule has 2 heterocycles. The summed E-state index contributed by atoms with van der Waals surface area (Å²) in [5, 5.41) is 8.01. The van der Waals surface area contributed by atoms with Gasteiger partial charge in [0.25, 0.3) is 5.91 Å².